The zero-order valence-electron chi connectivity index (χ0n) is 6.37. The average Bonchev–Trinajstić information content (AvgIpc) is 1.87. The van der Waals surface area contributed by atoms with Crippen LogP contribution in [0.3, 0.4) is 0 Å². The van der Waals surface area contributed by atoms with E-state index < -0.39 is 18.0 Å². The van der Waals surface area contributed by atoms with E-state index in [1.165, 1.54) is 0 Å². The van der Waals surface area contributed by atoms with Crippen molar-refractivity contribution in [2.45, 2.75) is 32.8 Å². The molecule has 10 heavy (non-hydrogen) atoms. The molecule has 0 aromatic rings. The number of rotatable bonds is 4. The number of hydrogen-bond donors (Lipinski definition) is 2. The smallest absolute Gasteiger partial charge is 0.306 e. The molecule has 0 spiro atoms. The van der Waals surface area contributed by atoms with Crippen molar-refractivity contribution in [2.75, 3.05) is 0 Å². The summed E-state index contributed by atoms with van der Waals surface area (Å²) in [6, 6.07) is 0. The molecule has 0 aromatic heterocycles. The molecule has 0 aliphatic carbocycles. The Morgan fingerprint density at radius 2 is 2.10 bits per heavy atom. The van der Waals surface area contributed by atoms with Crippen molar-refractivity contribution in [2.24, 2.45) is 5.92 Å². The first-order valence-electron chi connectivity index (χ1n) is 3.48. The summed E-state index contributed by atoms with van der Waals surface area (Å²) in [6.07, 6.45) is 0.509. The van der Waals surface area contributed by atoms with Crippen LogP contribution in [0.2, 0.25) is 0 Å². The summed E-state index contributed by atoms with van der Waals surface area (Å²) in [4.78, 5) is 10.2. The fourth-order valence-corrected chi connectivity index (χ4v) is 0.676. The van der Waals surface area contributed by atoms with E-state index in [4.69, 9.17) is 10.2 Å². The Hall–Kier alpha value is -0.570. The summed E-state index contributed by atoms with van der Waals surface area (Å²) in [5.41, 5.74) is 0. The predicted molar refractivity (Wildman–Crippen MR) is 37.7 cm³/mol. The van der Waals surface area contributed by atoms with Crippen molar-refractivity contribution in [1.82, 2.24) is 0 Å². The highest BCUT2D eigenvalue weighted by molar-refractivity contribution is 5.69. The number of aliphatic hydroxyl groups is 1. The van der Waals surface area contributed by atoms with Gasteiger partial charge in [0.1, 0.15) is 0 Å². The van der Waals surface area contributed by atoms with Gasteiger partial charge in [0.15, 0.2) is 0 Å². The third kappa shape index (κ3) is 3.45. The van der Waals surface area contributed by atoms with Gasteiger partial charge < -0.3 is 10.2 Å². The van der Waals surface area contributed by atoms with Gasteiger partial charge >= 0.3 is 5.97 Å². The minimum Gasteiger partial charge on any atom is -0.481 e. The highest BCUT2D eigenvalue weighted by Gasteiger charge is 2.14. The summed E-state index contributed by atoms with van der Waals surface area (Å²) in [5.74, 6) is -1.28. The minimum absolute atomic E-state index is 0.353. The fraction of sp³-hybridized carbons (Fsp3) is 0.857. The van der Waals surface area contributed by atoms with E-state index in [0.29, 0.717) is 12.8 Å². The van der Waals surface area contributed by atoms with Gasteiger partial charge in [-0.1, -0.05) is 13.8 Å². The largest absolute Gasteiger partial charge is 0.481 e. The lowest BCUT2D eigenvalue weighted by Gasteiger charge is -2.09. The second-order valence-electron chi connectivity index (χ2n) is 2.54. The maximum Gasteiger partial charge on any atom is 0.306 e. The third-order valence-electron chi connectivity index (χ3n) is 1.52. The maximum atomic E-state index is 10.2. The molecule has 0 aliphatic heterocycles. The molecule has 0 rings (SSSR count). The highest BCUT2D eigenvalue weighted by atomic mass is 16.4. The van der Waals surface area contributed by atoms with Crippen LogP contribution in [0.5, 0.6) is 0 Å². The van der Waals surface area contributed by atoms with Crippen LogP contribution in [0, 0.1) is 5.92 Å². The summed E-state index contributed by atoms with van der Waals surface area (Å²) < 4.78 is 0. The van der Waals surface area contributed by atoms with E-state index in [1.54, 1.807) is 6.92 Å². The molecule has 0 aromatic carbocycles. The molecular weight excluding hydrogens is 132 g/mol. The Kier molecular flexibility index (Phi) is 4.03. The van der Waals surface area contributed by atoms with Gasteiger partial charge in [-0.05, 0) is 12.8 Å². The van der Waals surface area contributed by atoms with Crippen LogP contribution in [0.1, 0.15) is 26.7 Å². The first-order chi connectivity index (χ1) is 4.57. The molecule has 0 saturated carbocycles. The molecule has 0 radical (unpaired) electrons. The normalized spacial score (nSPS) is 16.3. The highest BCUT2D eigenvalue weighted by Crippen LogP contribution is 2.07. The molecule has 60 valence electrons. The molecule has 0 bridgehead atoms. The number of carboxylic acid groups (broad SMARTS) is 1. The van der Waals surface area contributed by atoms with E-state index >= 15 is 0 Å². The van der Waals surface area contributed by atoms with Crippen LogP contribution >= 0.6 is 0 Å². The maximum absolute atomic E-state index is 10.2. The molecule has 0 saturated heterocycles. The summed E-state index contributed by atoms with van der Waals surface area (Å²) in [5, 5.41) is 17.4. The Morgan fingerprint density at radius 3 is 2.40 bits per heavy atom. The summed E-state index contributed by atoms with van der Waals surface area (Å²) >= 11 is 0. The first-order valence-corrected chi connectivity index (χ1v) is 3.48. The lowest BCUT2D eigenvalue weighted by molar-refractivity contribution is -0.142. The molecule has 0 fully saturated rings. The van der Waals surface area contributed by atoms with Crippen molar-refractivity contribution >= 4 is 5.97 Å². The van der Waals surface area contributed by atoms with Gasteiger partial charge in [0.25, 0.3) is 0 Å². The predicted octanol–water partition coefficient (Wildman–Crippen LogP) is 0.868. The van der Waals surface area contributed by atoms with Crippen molar-refractivity contribution in [3.63, 3.8) is 0 Å². The molecule has 0 amide bonds. The van der Waals surface area contributed by atoms with Crippen LogP contribution in [0.25, 0.3) is 0 Å². The SMILES string of the molecule is CCC(O)CC(C)C(=O)O. The van der Waals surface area contributed by atoms with Gasteiger partial charge in [0, 0.05) is 0 Å². The van der Waals surface area contributed by atoms with E-state index in [2.05, 4.69) is 0 Å². The van der Waals surface area contributed by atoms with Gasteiger partial charge in [-0.15, -0.1) is 0 Å². The van der Waals surface area contributed by atoms with Crippen LogP contribution < -0.4 is 0 Å². The Bertz CT molecular complexity index is 111. The Labute approximate surface area is 60.7 Å². The standard InChI is InChI=1S/C7H14O3/c1-3-6(8)4-5(2)7(9)10/h5-6,8H,3-4H2,1-2H3,(H,9,10). The first kappa shape index (κ1) is 9.43. The lowest BCUT2D eigenvalue weighted by atomic mass is 10.0. The van der Waals surface area contributed by atoms with Gasteiger partial charge in [0.05, 0.1) is 12.0 Å². The van der Waals surface area contributed by atoms with E-state index in [9.17, 15) is 4.79 Å². The molecule has 2 unspecified atom stereocenters. The van der Waals surface area contributed by atoms with Gasteiger partial charge in [-0.3, -0.25) is 4.79 Å². The van der Waals surface area contributed by atoms with E-state index in [0.717, 1.165) is 0 Å². The lowest BCUT2D eigenvalue weighted by Crippen LogP contribution is -2.17. The average molecular weight is 146 g/mol. The van der Waals surface area contributed by atoms with Crippen LogP contribution in [0.15, 0.2) is 0 Å². The van der Waals surface area contributed by atoms with Crippen molar-refractivity contribution in [3.8, 4) is 0 Å². The van der Waals surface area contributed by atoms with Gasteiger partial charge in [-0.25, -0.2) is 0 Å². The second kappa shape index (κ2) is 4.28. The molecule has 3 heteroatoms. The fourth-order valence-electron chi connectivity index (χ4n) is 0.676. The zero-order valence-corrected chi connectivity index (χ0v) is 6.37. The van der Waals surface area contributed by atoms with Gasteiger partial charge in [0.2, 0.25) is 0 Å². The Balaban J connectivity index is 3.56. The number of aliphatic carboxylic acids is 1. The minimum atomic E-state index is -0.840. The summed E-state index contributed by atoms with van der Waals surface area (Å²) in [7, 11) is 0. The quantitative estimate of drug-likeness (QED) is 0.618. The zero-order chi connectivity index (χ0) is 8.15. The van der Waals surface area contributed by atoms with Crippen LogP contribution in [-0.4, -0.2) is 22.3 Å². The van der Waals surface area contributed by atoms with Gasteiger partial charge in [-0.2, -0.15) is 0 Å². The van der Waals surface area contributed by atoms with Crippen molar-refractivity contribution < 1.29 is 15.0 Å². The van der Waals surface area contributed by atoms with Crippen LogP contribution in [-0.2, 0) is 4.79 Å². The molecule has 2 atom stereocenters. The summed E-state index contributed by atoms with van der Waals surface area (Å²) in [6.45, 7) is 3.43. The molecule has 3 nitrogen and oxygen atoms in total. The number of carboxylic acids is 1. The molecule has 0 aliphatic rings. The molecule has 2 N–H and O–H groups in total. The monoisotopic (exact) mass is 146 g/mol. The number of aliphatic hydroxyl groups excluding tert-OH is 1. The third-order valence-corrected chi connectivity index (χ3v) is 1.52. The van der Waals surface area contributed by atoms with Crippen LogP contribution in [0.4, 0.5) is 0 Å². The topological polar surface area (TPSA) is 57.5 Å². The molecule has 0 heterocycles. The van der Waals surface area contributed by atoms with Crippen molar-refractivity contribution in [3.05, 3.63) is 0 Å². The number of hydrogen-bond acceptors (Lipinski definition) is 2. The van der Waals surface area contributed by atoms with Crippen molar-refractivity contribution in [1.29, 1.82) is 0 Å². The number of carbonyl (C=O) groups is 1. The second-order valence-corrected chi connectivity index (χ2v) is 2.54. The molecular formula is C7H14O3. The Morgan fingerprint density at radius 1 is 1.60 bits per heavy atom. The van der Waals surface area contributed by atoms with E-state index in [-0.39, 0.29) is 0 Å². The van der Waals surface area contributed by atoms with E-state index in [1.807, 2.05) is 6.92 Å².